The molecule has 19 heavy (non-hydrogen) atoms. The third kappa shape index (κ3) is 3.15. The van der Waals surface area contributed by atoms with E-state index < -0.39 is 23.1 Å². The van der Waals surface area contributed by atoms with Gasteiger partial charge in [-0.3, -0.25) is 4.79 Å². The van der Waals surface area contributed by atoms with E-state index in [0.29, 0.717) is 0 Å². The minimum Gasteiger partial charge on any atom is -0.306 e. The van der Waals surface area contributed by atoms with Gasteiger partial charge in [0.05, 0.1) is 0 Å². The van der Waals surface area contributed by atoms with Gasteiger partial charge in [-0.1, -0.05) is 17.7 Å². The van der Waals surface area contributed by atoms with Gasteiger partial charge in [-0.25, -0.2) is 18.7 Å². The van der Waals surface area contributed by atoms with E-state index in [9.17, 15) is 13.6 Å². The van der Waals surface area contributed by atoms with Crippen molar-refractivity contribution in [2.45, 2.75) is 0 Å². The first kappa shape index (κ1) is 13.6. The van der Waals surface area contributed by atoms with E-state index in [2.05, 4.69) is 15.3 Å². The van der Waals surface area contributed by atoms with Crippen LogP contribution in [0.5, 0.6) is 0 Å². The summed E-state index contributed by atoms with van der Waals surface area (Å²) in [5, 5.41) is 1.98. The van der Waals surface area contributed by atoms with Crippen molar-refractivity contribution in [3.63, 3.8) is 0 Å². The van der Waals surface area contributed by atoms with Crippen LogP contribution in [0.1, 0.15) is 10.4 Å². The molecule has 2 rings (SSSR count). The summed E-state index contributed by atoms with van der Waals surface area (Å²) < 4.78 is 26.8. The molecule has 1 amide bonds. The van der Waals surface area contributed by atoms with Gasteiger partial charge >= 0.3 is 0 Å². The molecule has 0 unspecified atom stereocenters. The fourth-order valence-electron chi connectivity index (χ4n) is 1.35. The number of hydrogen-bond acceptors (Lipinski definition) is 3. The van der Waals surface area contributed by atoms with Crippen LogP contribution in [0.25, 0.3) is 0 Å². The molecular formula is C11H5Cl2F2N3O. The molecule has 4 nitrogen and oxygen atoms in total. The average molecular weight is 304 g/mol. The van der Waals surface area contributed by atoms with Crippen molar-refractivity contribution < 1.29 is 13.6 Å². The fraction of sp³-hybridized carbons (Fsp3) is 0. The lowest BCUT2D eigenvalue weighted by molar-refractivity contribution is 0.101. The quantitative estimate of drug-likeness (QED) is 0.684. The van der Waals surface area contributed by atoms with Crippen LogP contribution in [0.3, 0.4) is 0 Å². The summed E-state index contributed by atoms with van der Waals surface area (Å²) in [6.07, 6.45) is 0. The lowest BCUT2D eigenvalue weighted by atomic mass is 10.2. The highest BCUT2D eigenvalue weighted by molar-refractivity contribution is 6.32. The van der Waals surface area contributed by atoms with Crippen LogP contribution in [-0.2, 0) is 0 Å². The number of hydrogen-bond donors (Lipinski definition) is 1. The largest absolute Gasteiger partial charge is 0.306 e. The Labute approximate surface area is 116 Å². The zero-order chi connectivity index (χ0) is 14.0. The first-order valence-electron chi connectivity index (χ1n) is 4.93. The third-order valence-corrected chi connectivity index (χ3v) is 2.46. The topological polar surface area (TPSA) is 54.9 Å². The maximum atomic E-state index is 13.4. The summed E-state index contributed by atoms with van der Waals surface area (Å²) in [6, 6.07) is 4.29. The standard InChI is InChI=1S/C11H5Cl2F2N3O/c12-7-4-8(18-11(13)16-7)17-10(19)9-5(14)2-1-3-6(9)15/h1-4H,(H,16,17,18,19). The summed E-state index contributed by atoms with van der Waals surface area (Å²) in [4.78, 5) is 19.0. The lowest BCUT2D eigenvalue weighted by Crippen LogP contribution is -2.16. The molecule has 0 aliphatic rings. The predicted molar refractivity (Wildman–Crippen MR) is 66.4 cm³/mol. The molecule has 0 aliphatic carbocycles. The monoisotopic (exact) mass is 303 g/mol. The van der Waals surface area contributed by atoms with Gasteiger partial charge in [-0.15, -0.1) is 0 Å². The number of nitrogens with one attached hydrogen (secondary N) is 1. The zero-order valence-electron chi connectivity index (χ0n) is 9.12. The number of amides is 1. The zero-order valence-corrected chi connectivity index (χ0v) is 10.6. The second-order valence-corrected chi connectivity index (χ2v) is 4.12. The van der Waals surface area contributed by atoms with E-state index in [-0.39, 0.29) is 16.3 Å². The van der Waals surface area contributed by atoms with E-state index in [0.717, 1.165) is 18.2 Å². The van der Waals surface area contributed by atoms with Gasteiger partial charge in [0.2, 0.25) is 5.28 Å². The fourth-order valence-corrected chi connectivity index (χ4v) is 1.76. The maximum Gasteiger partial charge on any atom is 0.262 e. The molecule has 0 atom stereocenters. The number of anilines is 1. The molecule has 0 bridgehead atoms. The van der Waals surface area contributed by atoms with Gasteiger partial charge in [0, 0.05) is 6.07 Å². The molecule has 0 aliphatic heterocycles. The van der Waals surface area contributed by atoms with Crippen LogP contribution < -0.4 is 5.32 Å². The number of nitrogens with zero attached hydrogens (tertiary/aromatic N) is 2. The van der Waals surface area contributed by atoms with Crippen molar-refractivity contribution in [2.75, 3.05) is 5.32 Å². The molecule has 8 heteroatoms. The summed E-state index contributed by atoms with van der Waals surface area (Å²) in [5.41, 5.74) is -0.714. The number of carbonyl (C=O) groups excluding carboxylic acids is 1. The molecule has 0 spiro atoms. The summed E-state index contributed by atoms with van der Waals surface area (Å²) in [7, 11) is 0. The normalized spacial score (nSPS) is 10.3. The molecule has 0 saturated heterocycles. The highest BCUT2D eigenvalue weighted by atomic mass is 35.5. The highest BCUT2D eigenvalue weighted by Gasteiger charge is 2.17. The van der Waals surface area contributed by atoms with Gasteiger partial charge in [-0.05, 0) is 23.7 Å². The first-order valence-corrected chi connectivity index (χ1v) is 5.68. The average Bonchev–Trinajstić information content (AvgIpc) is 2.26. The van der Waals surface area contributed by atoms with E-state index in [4.69, 9.17) is 23.2 Å². The number of benzene rings is 1. The SMILES string of the molecule is O=C(Nc1cc(Cl)nc(Cl)n1)c1c(F)cccc1F. The van der Waals surface area contributed by atoms with Gasteiger partial charge in [-0.2, -0.15) is 0 Å². The molecule has 1 aromatic carbocycles. The predicted octanol–water partition coefficient (Wildman–Crippen LogP) is 3.31. The molecule has 0 radical (unpaired) electrons. The van der Waals surface area contributed by atoms with Crippen LogP contribution in [0.2, 0.25) is 10.4 Å². The highest BCUT2D eigenvalue weighted by Crippen LogP contribution is 2.17. The Morgan fingerprint density at radius 1 is 1.16 bits per heavy atom. The summed E-state index contributed by atoms with van der Waals surface area (Å²) >= 11 is 11.1. The minimum absolute atomic E-state index is 0.00990. The van der Waals surface area contributed by atoms with Crippen molar-refractivity contribution in [1.82, 2.24) is 9.97 Å². The Balaban J connectivity index is 2.31. The minimum atomic E-state index is -0.999. The smallest absolute Gasteiger partial charge is 0.262 e. The van der Waals surface area contributed by atoms with Gasteiger partial charge in [0.1, 0.15) is 28.2 Å². The van der Waals surface area contributed by atoms with E-state index in [1.165, 1.54) is 6.07 Å². The van der Waals surface area contributed by atoms with Crippen molar-refractivity contribution in [1.29, 1.82) is 0 Å². The lowest BCUT2D eigenvalue weighted by Gasteiger charge is -2.06. The molecule has 2 aromatic rings. The number of aromatic nitrogens is 2. The summed E-state index contributed by atoms with van der Waals surface area (Å²) in [5.74, 6) is -3.02. The Morgan fingerprint density at radius 3 is 2.37 bits per heavy atom. The van der Waals surface area contributed by atoms with E-state index in [1.807, 2.05) is 0 Å². The Kier molecular flexibility index (Phi) is 3.92. The number of rotatable bonds is 2. The second-order valence-electron chi connectivity index (χ2n) is 3.40. The molecular weight excluding hydrogens is 299 g/mol. The van der Waals surface area contributed by atoms with Crippen molar-refractivity contribution >= 4 is 34.9 Å². The summed E-state index contributed by atoms with van der Waals surface area (Å²) in [6.45, 7) is 0. The molecule has 1 N–H and O–H groups in total. The van der Waals surface area contributed by atoms with Gasteiger partial charge in [0.25, 0.3) is 5.91 Å². The molecule has 0 saturated carbocycles. The number of halogens is 4. The van der Waals surface area contributed by atoms with Crippen LogP contribution in [0.4, 0.5) is 14.6 Å². The second kappa shape index (κ2) is 5.46. The Bertz CT molecular complexity index is 611. The third-order valence-electron chi connectivity index (χ3n) is 2.10. The van der Waals surface area contributed by atoms with Gasteiger partial charge < -0.3 is 5.32 Å². The van der Waals surface area contributed by atoms with Crippen molar-refractivity contribution in [3.8, 4) is 0 Å². The van der Waals surface area contributed by atoms with Crippen LogP contribution in [-0.4, -0.2) is 15.9 Å². The van der Waals surface area contributed by atoms with Crippen LogP contribution >= 0.6 is 23.2 Å². The van der Waals surface area contributed by atoms with Gasteiger partial charge in [0.15, 0.2) is 0 Å². The Hall–Kier alpha value is -1.79. The first-order chi connectivity index (χ1) is 8.97. The molecule has 0 fully saturated rings. The maximum absolute atomic E-state index is 13.4. The molecule has 98 valence electrons. The van der Waals surface area contributed by atoms with Crippen molar-refractivity contribution in [3.05, 3.63) is 51.9 Å². The molecule has 1 heterocycles. The van der Waals surface area contributed by atoms with Crippen LogP contribution in [0.15, 0.2) is 24.3 Å². The van der Waals surface area contributed by atoms with Crippen LogP contribution in [0, 0.1) is 11.6 Å². The molecule has 1 aromatic heterocycles. The van der Waals surface area contributed by atoms with Crippen molar-refractivity contribution in [2.24, 2.45) is 0 Å². The van der Waals surface area contributed by atoms with E-state index >= 15 is 0 Å². The number of carbonyl (C=O) groups is 1. The van der Waals surface area contributed by atoms with E-state index in [1.54, 1.807) is 0 Å². The Morgan fingerprint density at radius 2 is 1.79 bits per heavy atom.